The molecule has 5 heteroatoms. The van der Waals surface area contributed by atoms with Crippen molar-refractivity contribution >= 4 is 23.6 Å². The number of carbonyl (C=O) groups excluding carboxylic acids is 1. The van der Waals surface area contributed by atoms with E-state index in [2.05, 4.69) is 0 Å². The van der Waals surface area contributed by atoms with Gasteiger partial charge in [-0.2, -0.15) is 0 Å². The van der Waals surface area contributed by atoms with Crippen LogP contribution in [-0.2, 0) is 16.1 Å². The van der Waals surface area contributed by atoms with E-state index in [4.69, 9.17) is 21.1 Å². The largest absolute Gasteiger partial charge is 0.488 e. The quantitative estimate of drug-likeness (QED) is 0.479. The number of hydrogen-bond acceptors (Lipinski definition) is 3. The van der Waals surface area contributed by atoms with Crippen LogP contribution in [0.1, 0.15) is 43.7 Å². The Bertz CT molecular complexity index is 844. The highest BCUT2D eigenvalue weighted by Gasteiger charge is 2.25. The van der Waals surface area contributed by atoms with Crippen molar-refractivity contribution in [3.8, 4) is 5.75 Å². The standard InChI is InChI=1S/C25H30ClNO3/c1-19(18-29-2)30-23-14-11-20(12-15-23)17-27(22-8-4-5-9-22)25(28)16-13-21-7-3-6-10-24(21)26/h3,6-7,10-16,19,22H,4-5,8-9,17-18H2,1-2H3/b16-13+. The summed E-state index contributed by atoms with van der Waals surface area (Å²) in [7, 11) is 1.66. The Morgan fingerprint density at radius 1 is 1.17 bits per heavy atom. The van der Waals surface area contributed by atoms with Crippen LogP contribution in [0.3, 0.4) is 0 Å². The minimum absolute atomic E-state index is 0.00707. The van der Waals surface area contributed by atoms with Gasteiger partial charge in [0.1, 0.15) is 11.9 Å². The van der Waals surface area contributed by atoms with Crippen molar-refractivity contribution < 1.29 is 14.3 Å². The molecule has 0 heterocycles. The third kappa shape index (κ3) is 6.35. The van der Waals surface area contributed by atoms with Crippen LogP contribution in [0.25, 0.3) is 6.08 Å². The maximum absolute atomic E-state index is 13.1. The Morgan fingerprint density at radius 2 is 1.87 bits per heavy atom. The van der Waals surface area contributed by atoms with Crippen LogP contribution in [0.4, 0.5) is 0 Å². The Hall–Kier alpha value is -2.30. The summed E-state index contributed by atoms with van der Waals surface area (Å²) in [5.74, 6) is 0.830. The summed E-state index contributed by atoms with van der Waals surface area (Å²) in [5, 5.41) is 0.646. The van der Waals surface area contributed by atoms with Crippen LogP contribution < -0.4 is 4.74 Å². The highest BCUT2D eigenvalue weighted by atomic mass is 35.5. The minimum Gasteiger partial charge on any atom is -0.488 e. The second kappa shape index (κ2) is 11.2. The Kier molecular flexibility index (Phi) is 8.35. The molecule has 0 radical (unpaired) electrons. The van der Waals surface area contributed by atoms with Gasteiger partial charge in [0, 0.05) is 30.8 Å². The molecule has 1 saturated carbocycles. The zero-order chi connectivity index (χ0) is 21.3. The molecular formula is C25H30ClNO3. The van der Waals surface area contributed by atoms with Gasteiger partial charge in [-0.05, 0) is 55.2 Å². The van der Waals surface area contributed by atoms with Gasteiger partial charge < -0.3 is 14.4 Å². The summed E-state index contributed by atoms with van der Waals surface area (Å²) >= 11 is 6.22. The lowest BCUT2D eigenvalue weighted by Gasteiger charge is -2.28. The normalized spacial score (nSPS) is 15.4. The van der Waals surface area contributed by atoms with E-state index >= 15 is 0 Å². The summed E-state index contributed by atoms with van der Waals surface area (Å²) < 4.78 is 10.9. The van der Waals surface area contributed by atoms with Gasteiger partial charge in [-0.15, -0.1) is 0 Å². The van der Waals surface area contributed by atoms with Gasteiger partial charge in [-0.1, -0.05) is 54.8 Å². The smallest absolute Gasteiger partial charge is 0.247 e. The minimum atomic E-state index is -0.00707. The van der Waals surface area contributed by atoms with Crippen molar-refractivity contribution in [2.75, 3.05) is 13.7 Å². The average molecular weight is 428 g/mol. The van der Waals surface area contributed by atoms with Gasteiger partial charge in [-0.25, -0.2) is 0 Å². The Morgan fingerprint density at radius 3 is 2.53 bits per heavy atom. The number of halogens is 1. The number of hydrogen-bond donors (Lipinski definition) is 0. The highest BCUT2D eigenvalue weighted by Crippen LogP contribution is 2.26. The highest BCUT2D eigenvalue weighted by molar-refractivity contribution is 6.32. The zero-order valence-corrected chi connectivity index (χ0v) is 18.5. The number of ether oxygens (including phenoxy) is 2. The average Bonchev–Trinajstić information content (AvgIpc) is 3.27. The molecule has 0 bridgehead atoms. The number of benzene rings is 2. The van der Waals surface area contributed by atoms with Crippen molar-refractivity contribution in [1.29, 1.82) is 0 Å². The molecule has 3 rings (SSSR count). The van der Waals surface area contributed by atoms with Crippen LogP contribution in [0.15, 0.2) is 54.6 Å². The van der Waals surface area contributed by atoms with E-state index in [9.17, 15) is 4.79 Å². The number of rotatable bonds is 9. The van der Waals surface area contributed by atoms with E-state index in [0.717, 1.165) is 29.7 Å². The van der Waals surface area contributed by atoms with Crippen LogP contribution >= 0.6 is 11.6 Å². The molecule has 1 unspecified atom stereocenters. The van der Waals surface area contributed by atoms with Crippen LogP contribution in [0.2, 0.25) is 5.02 Å². The van der Waals surface area contributed by atoms with Gasteiger partial charge in [0.15, 0.2) is 0 Å². The SMILES string of the molecule is COCC(C)Oc1ccc(CN(C(=O)/C=C/c2ccccc2Cl)C2CCCC2)cc1. The molecule has 4 nitrogen and oxygen atoms in total. The molecule has 0 saturated heterocycles. The molecule has 2 aromatic rings. The fourth-order valence-electron chi connectivity index (χ4n) is 3.84. The predicted molar refractivity (Wildman–Crippen MR) is 122 cm³/mol. The van der Waals surface area contributed by atoms with Crippen LogP contribution in [0.5, 0.6) is 5.75 Å². The summed E-state index contributed by atoms with van der Waals surface area (Å²) in [6, 6.07) is 15.8. The molecule has 30 heavy (non-hydrogen) atoms. The molecule has 1 atom stereocenters. The van der Waals surface area contributed by atoms with Crippen molar-refractivity contribution in [3.63, 3.8) is 0 Å². The topological polar surface area (TPSA) is 38.8 Å². The van der Waals surface area contributed by atoms with Gasteiger partial charge in [0.05, 0.1) is 6.61 Å². The first kappa shape index (κ1) is 22.4. The molecule has 1 aliphatic carbocycles. The first-order valence-electron chi connectivity index (χ1n) is 10.5. The zero-order valence-electron chi connectivity index (χ0n) is 17.7. The van der Waals surface area contributed by atoms with Crippen molar-refractivity contribution in [2.24, 2.45) is 0 Å². The van der Waals surface area contributed by atoms with E-state index < -0.39 is 0 Å². The van der Waals surface area contributed by atoms with E-state index in [0.29, 0.717) is 18.2 Å². The third-order valence-corrected chi connectivity index (χ3v) is 5.72. The van der Waals surface area contributed by atoms with E-state index in [1.165, 1.54) is 12.8 Å². The van der Waals surface area contributed by atoms with Gasteiger partial charge >= 0.3 is 0 Å². The molecule has 0 aromatic heterocycles. The molecule has 1 fully saturated rings. The first-order chi connectivity index (χ1) is 14.6. The van der Waals surface area contributed by atoms with Crippen molar-refractivity contribution in [1.82, 2.24) is 4.90 Å². The number of methoxy groups -OCH3 is 1. The molecule has 160 valence electrons. The second-order valence-electron chi connectivity index (χ2n) is 7.79. The first-order valence-corrected chi connectivity index (χ1v) is 10.9. The summed E-state index contributed by atoms with van der Waals surface area (Å²) in [6.45, 7) is 3.11. The Labute approximate surface area is 184 Å². The molecular weight excluding hydrogens is 398 g/mol. The van der Waals surface area contributed by atoms with Gasteiger partial charge in [-0.3, -0.25) is 4.79 Å². The Balaban J connectivity index is 1.69. The van der Waals surface area contributed by atoms with Crippen LogP contribution in [0, 0.1) is 0 Å². The maximum atomic E-state index is 13.1. The second-order valence-corrected chi connectivity index (χ2v) is 8.19. The van der Waals surface area contributed by atoms with Crippen LogP contribution in [-0.4, -0.2) is 36.7 Å². The van der Waals surface area contributed by atoms with E-state index in [1.807, 2.05) is 60.4 Å². The molecule has 0 aliphatic heterocycles. The maximum Gasteiger partial charge on any atom is 0.247 e. The number of amides is 1. The summed E-state index contributed by atoms with van der Waals surface area (Å²) in [5.41, 5.74) is 1.94. The lowest BCUT2D eigenvalue weighted by atomic mass is 10.1. The molecule has 0 spiro atoms. The third-order valence-electron chi connectivity index (χ3n) is 5.37. The van der Waals surface area contributed by atoms with Gasteiger partial charge in [0.2, 0.25) is 5.91 Å². The van der Waals surface area contributed by atoms with Crippen molar-refractivity contribution in [2.45, 2.75) is 51.3 Å². The fraction of sp³-hybridized carbons (Fsp3) is 0.400. The number of carbonyl (C=O) groups is 1. The van der Waals surface area contributed by atoms with Gasteiger partial charge in [0.25, 0.3) is 0 Å². The predicted octanol–water partition coefficient (Wildman–Crippen LogP) is 5.74. The monoisotopic (exact) mass is 427 g/mol. The van der Waals surface area contributed by atoms with Crippen molar-refractivity contribution in [3.05, 3.63) is 70.8 Å². The lowest BCUT2D eigenvalue weighted by Crippen LogP contribution is -2.37. The summed E-state index contributed by atoms with van der Waals surface area (Å²) in [4.78, 5) is 15.1. The number of nitrogens with zero attached hydrogens (tertiary/aromatic N) is 1. The molecule has 2 aromatic carbocycles. The summed E-state index contributed by atoms with van der Waals surface area (Å²) in [6.07, 6.45) is 7.90. The molecule has 1 amide bonds. The molecule has 0 N–H and O–H groups in total. The molecule has 1 aliphatic rings. The van der Waals surface area contributed by atoms with E-state index in [-0.39, 0.29) is 18.1 Å². The lowest BCUT2D eigenvalue weighted by molar-refractivity contribution is -0.128. The van der Waals surface area contributed by atoms with E-state index in [1.54, 1.807) is 19.3 Å². The fourth-order valence-corrected chi connectivity index (χ4v) is 4.04.